The first kappa shape index (κ1) is 17.6. The third kappa shape index (κ3) is 4.08. The molecule has 0 amide bonds. The second kappa shape index (κ2) is 6.97. The van der Waals surface area contributed by atoms with Crippen molar-refractivity contribution in [1.29, 1.82) is 0 Å². The Labute approximate surface area is 146 Å². The van der Waals surface area contributed by atoms with E-state index in [1.165, 1.54) is 23.5 Å². The highest BCUT2D eigenvalue weighted by Crippen LogP contribution is 2.30. The van der Waals surface area contributed by atoms with Gasteiger partial charge in [-0.2, -0.15) is 13.2 Å². The van der Waals surface area contributed by atoms with Crippen LogP contribution < -0.4 is 0 Å². The van der Waals surface area contributed by atoms with Gasteiger partial charge < -0.3 is 4.42 Å². The summed E-state index contributed by atoms with van der Waals surface area (Å²) in [5.41, 5.74) is 0.129. The van der Waals surface area contributed by atoms with E-state index in [2.05, 4.69) is 10.2 Å². The monoisotopic (exact) mass is 367 g/mol. The van der Waals surface area contributed by atoms with Crippen molar-refractivity contribution >= 4 is 11.3 Å². The molecule has 132 valence electrons. The van der Waals surface area contributed by atoms with Crippen molar-refractivity contribution in [3.63, 3.8) is 0 Å². The largest absolute Gasteiger partial charge is 0.418 e. The molecule has 1 aromatic carbocycles. The van der Waals surface area contributed by atoms with E-state index in [4.69, 9.17) is 4.42 Å². The summed E-state index contributed by atoms with van der Waals surface area (Å²) in [6.45, 7) is 2.38. The van der Waals surface area contributed by atoms with Gasteiger partial charge in [-0.15, -0.1) is 21.5 Å². The summed E-state index contributed by atoms with van der Waals surface area (Å²) in [4.78, 5) is 2.84. The minimum absolute atomic E-state index is 0.163. The van der Waals surface area contributed by atoms with E-state index in [0.717, 1.165) is 22.6 Å². The highest BCUT2D eigenvalue weighted by atomic mass is 32.1. The van der Waals surface area contributed by atoms with Crippen molar-refractivity contribution in [2.24, 2.45) is 0 Å². The first-order valence-electron chi connectivity index (χ1n) is 7.58. The standard InChI is InChI=1S/C17H16F3N3OS/c1-11(15-21-22-16(24-15)14-4-3-9-25-14)23(2)10-12-5-7-13(8-6-12)17(18,19)20/h3-9,11H,10H2,1-2H3/t11-/m1/s1. The third-order valence-electron chi connectivity index (χ3n) is 3.90. The van der Waals surface area contributed by atoms with Crippen LogP contribution in [0.25, 0.3) is 10.8 Å². The fourth-order valence-corrected chi connectivity index (χ4v) is 2.96. The molecule has 0 unspecified atom stereocenters. The van der Waals surface area contributed by atoms with E-state index >= 15 is 0 Å². The summed E-state index contributed by atoms with van der Waals surface area (Å²) in [7, 11) is 1.86. The number of halogens is 3. The number of thiophene rings is 1. The molecule has 0 aliphatic rings. The molecule has 0 saturated heterocycles. The third-order valence-corrected chi connectivity index (χ3v) is 4.76. The molecule has 2 heterocycles. The fourth-order valence-electron chi connectivity index (χ4n) is 2.32. The first-order chi connectivity index (χ1) is 11.8. The van der Waals surface area contributed by atoms with E-state index in [1.807, 2.05) is 36.4 Å². The number of hydrogen-bond acceptors (Lipinski definition) is 5. The second-order valence-corrected chi connectivity index (χ2v) is 6.66. The topological polar surface area (TPSA) is 42.2 Å². The van der Waals surface area contributed by atoms with Crippen LogP contribution in [0.15, 0.2) is 46.2 Å². The maximum absolute atomic E-state index is 12.6. The van der Waals surface area contributed by atoms with Crippen LogP contribution in [-0.2, 0) is 12.7 Å². The minimum atomic E-state index is -4.32. The van der Waals surface area contributed by atoms with Gasteiger partial charge in [0, 0.05) is 6.54 Å². The highest BCUT2D eigenvalue weighted by molar-refractivity contribution is 7.13. The predicted octanol–water partition coefficient (Wildman–Crippen LogP) is 5.01. The molecule has 0 radical (unpaired) electrons. The van der Waals surface area contributed by atoms with E-state index in [-0.39, 0.29) is 6.04 Å². The van der Waals surface area contributed by atoms with Gasteiger partial charge in [-0.3, -0.25) is 4.90 Å². The van der Waals surface area contributed by atoms with Crippen molar-refractivity contribution in [3.8, 4) is 10.8 Å². The average molecular weight is 367 g/mol. The van der Waals surface area contributed by atoms with Gasteiger partial charge in [0.25, 0.3) is 5.89 Å². The number of hydrogen-bond donors (Lipinski definition) is 0. The Morgan fingerprint density at radius 3 is 2.48 bits per heavy atom. The van der Waals surface area contributed by atoms with Gasteiger partial charge in [0.2, 0.25) is 5.89 Å². The van der Waals surface area contributed by atoms with Crippen LogP contribution in [0.1, 0.15) is 30.0 Å². The van der Waals surface area contributed by atoms with Gasteiger partial charge >= 0.3 is 6.18 Å². The zero-order valence-electron chi connectivity index (χ0n) is 13.6. The molecule has 0 spiro atoms. The Balaban J connectivity index is 1.67. The Bertz CT molecular complexity index is 813. The summed E-state index contributed by atoms with van der Waals surface area (Å²) in [5, 5.41) is 10.1. The minimum Gasteiger partial charge on any atom is -0.418 e. The lowest BCUT2D eigenvalue weighted by Crippen LogP contribution is -2.22. The number of aromatic nitrogens is 2. The van der Waals surface area contributed by atoms with Crippen LogP contribution in [0, 0.1) is 0 Å². The average Bonchev–Trinajstić information content (AvgIpc) is 3.25. The highest BCUT2D eigenvalue weighted by Gasteiger charge is 2.30. The molecule has 0 fully saturated rings. The van der Waals surface area contributed by atoms with E-state index < -0.39 is 11.7 Å². The van der Waals surface area contributed by atoms with E-state index in [0.29, 0.717) is 18.3 Å². The smallest absolute Gasteiger partial charge is 0.416 e. The zero-order chi connectivity index (χ0) is 18.0. The fraction of sp³-hybridized carbons (Fsp3) is 0.294. The van der Waals surface area contributed by atoms with Crippen molar-refractivity contribution in [1.82, 2.24) is 15.1 Å². The number of nitrogens with zero attached hydrogens (tertiary/aromatic N) is 3. The summed E-state index contributed by atoms with van der Waals surface area (Å²) in [6.07, 6.45) is -4.32. The molecule has 2 aromatic heterocycles. The Morgan fingerprint density at radius 2 is 1.88 bits per heavy atom. The maximum atomic E-state index is 12.6. The van der Waals surface area contributed by atoms with Gasteiger partial charge in [0.05, 0.1) is 16.5 Å². The summed E-state index contributed by atoms with van der Waals surface area (Å²) >= 11 is 1.51. The van der Waals surface area contributed by atoms with Gasteiger partial charge in [-0.05, 0) is 43.1 Å². The second-order valence-electron chi connectivity index (χ2n) is 5.71. The van der Waals surface area contributed by atoms with Crippen LogP contribution in [-0.4, -0.2) is 22.1 Å². The zero-order valence-corrected chi connectivity index (χ0v) is 14.4. The number of alkyl halides is 3. The SMILES string of the molecule is C[C@H](c1nnc(-c2cccs2)o1)N(C)Cc1ccc(C(F)(F)F)cc1. The molecular weight excluding hydrogens is 351 g/mol. The summed E-state index contributed by atoms with van der Waals surface area (Å²) < 4.78 is 43.6. The van der Waals surface area contributed by atoms with Crippen LogP contribution in [0.5, 0.6) is 0 Å². The Morgan fingerprint density at radius 1 is 1.16 bits per heavy atom. The Kier molecular flexibility index (Phi) is 4.91. The van der Waals surface area contributed by atoms with Crippen molar-refractivity contribution in [2.45, 2.75) is 25.7 Å². The molecule has 1 atom stereocenters. The Hall–Kier alpha value is -2.19. The molecule has 3 rings (SSSR count). The number of rotatable bonds is 5. The quantitative estimate of drug-likeness (QED) is 0.636. The number of benzene rings is 1. The summed E-state index contributed by atoms with van der Waals surface area (Å²) in [5.74, 6) is 0.942. The maximum Gasteiger partial charge on any atom is 0.416 e. The van der Waals surface area contributed by atoms with Crippen molar-refractivity contribution < 1.29 is 17.6 Å². The first-order valence-corrected chi connectivity index (χ1v) is 8.46. The van der Waals surface area contributed by atoms with Crippen molar-refractivity contribution in [2.75, 3.05) is 7.05 Å². The molecule has 0 aliphatic heterocycles. The summed E-state index contributed by atoms with van der Waals surface area (Å²) in [6, 6.07) is 8.80. The van der Waals surface area contributed by atoms with Gasteiger partial charge in [-0.25, -0.2) is 0 Å². The molecule has 0 N–H and O–H groups in total. The molecule has 3 aromatic rings. The van der Waals surface area contributed by atoms with Crippen LogP contribution >= 0.6 is 11.3 Å². The van der Waals surface area contributed by atoms with Crippen LogP contribution in [0.2, 0.25) is 0 Å². The molecule has 25 heavy (non-hydrogen) atoms. The lowest BCUT2D eigenvalue weighted by atomic mass is 10.1. The lowest BCUT2D eigenvalue weighted by molar-refractivity contribution is -0.137. The predicted molar refractivity (Wildman–Crippen MR) is 88.9 cm³/mol. The van der Waals surface area contributed by atoms with Gasteiger partial charge in [0.15, 0.2) is 0 Å². The van der Waals surface area contributed by atoms with E-state index in [1.54, 1.807) is 0 Å². The van der Waals surface area contributed by atoms with Crippen LogP contribution in [0.3, 0.4) is 0 Å². The molecule has 4 nitrogen and oxygen atoms in total. The molecular formula is C17H16F3N3OS. The molecule has 0 aliphatic carbocycles. The molecule has 0 saturated carbocycles. The van der Waals surface area contributed by atoms with Gasteiger partial charge in [-0.1, -0.05) is 18.2 Å². The normalized spacial score (nSPS) is 13.4. The van der Waals surface area contributed by atoms with Crippen LogP contribution in [0.4, 0.5) is 13.2 Å². The lowest BCUT2D eigenvalue weighted by Gasteiger charge is -2.22. The van der Waals surface area contributed by atoms with Crippen molar-refractivity contribution in [3.05, 3.63) is 58.8 Å². The molecule has 0 bridgehead atoms. The van der Waals surface area contributed by atoms with Gasteiger partial charge in [0.1, 0.15) is 0 Å². The molecule has 8 heteroatoms. The van der Waals surface area contributed by atoms with E-state index in [9.17, 15) is 13.2 Å².